The molecule has 96 valence electrons. The van der Waals surface area contributed by atoms with Crippen molar-refractivity contribution in [1.29, 1.82) is 0 Å². The van der Waals surface area contributed by atoms with Gasteiger partial charge in [0.1, 0.15) is 4.21 Å². The monoisotopic (exact) mass is 297 g/mol. The number of methoxy groups -OCH3 is 1. The predicted molar refractivity (Wildman–Crippen MR) is 65.9 cm³/mol. The van der Waals surface area contributed by atoms with Crippen molar-refractivity contribution >= 4 is 37.0 Å². The molecule has 1 rings (SSSR count). The summed E-state index contributed by atoms with van der Waals surface area (Å²) in [4.78, 5) is 12.1. The van der Waals surface area contributed by atoms with Crippen molar-refractivity contribution in [1.82, 2.24) is 5.32 Å². The number of nitrogens with one attached hydrogen (secondary N) is 1. The predicted octanol–water partition coefficient (Wildman–Crippen LogP) is 0.981. The summed E-state index contributed by atoms with van der Waals surface area (Å²) < 4.78 is 26.8. The van der Waals surface area contributed by atoms with Crippen molar-refractivity contribution in [2.24, 2.45) is 0 Å². The number of halogens is 1. The third kappa shape index (κ3) is 5.03. The van der Waals surface area contributed by atoms with E-state index < -0.39 is 9.05 Å². The Balaban J connectivity index is 2.52. The van der Waals surface area contributed by atoms with Gasteiger partial charge in [0.05, 0.1) is 13.0 Å². The Morgan fingerprint density at radius 2 is 2.24 bits per heavy atom. The van der Waals surface area contributed by atoms with Crippen molar-refractivity contribution in [2.75, 3.05) is 20.3 Å². The number of ether oxygens (including phenoxy) is 1. The second-order valence-electron chi connectivity index (χ2n) is 3.18. The first-order valence-corrected chi connectivity index (χ1v) is 7.85. The van der Waals surface area contributed by atoms with Gasteiger partial charge < -0.3 is 10.1 Å². The fraction of sp³-hybridized carbons (Fsp3) is 0.444. The standard InChI is InChI=1S/C9H12ClNO4S2/c1-15-5-4-11-8(12)6-7-2-3-9(16-7)17(10,13)14/h2-3H,4-6H2,1H3,(H,11,12). The summed E-state index contributed by atoms with van der Waals surface area (Å²) in [7, 11) is 3.02. The summed E-state index contributed by atoms with van der Waals surface area (Å²) in [6.45, 7) is 0.874. The number of hydrogen-bond donors (Lipinski definition) is 1. The average molecular weight is 298 g/mol. The highest BCUT2D eigenvalue weighted by Gasteiger charge is 2.14. The van der Waals surface area contributed by atoms with Crippen molar-refractivity contribution in [2.45, 2.75) is 10.6 Å². The van der Waals surface area contributed by atoms with Gasteiger partial charge in [-0.1, -0.05) is 0 Å². The third-order valence-corrected chi connectivity index (χ3v) is 5.02. The summed E-state index contributed by atoms with van der Waals surface area (Å²) in [5, 5.41) is 2.64. The van der Waals surface area contributed by atoms with Gasteiger partial charge >= 0.3 is 0 Å². The van der Waals surface area contributed by atoms with Crippen LogP contribution in [0.5, 0.6) is 0 Å². The molecular weight excluding hydrogens is 286 g/mol. The molecule has 0 spiro atoms. The van der Waals surface area contributed by atoms with E-state index in [1.54, 1.807) is 13.2 Å². The van der Waals surface area contributed by atoms with Crippen LogP contribution in [0.15, 0.2) is 16.3 Å². The van der Waals surface area contributed by atoms with Gasteiger partial charge in [0.25, 0.3) is 9.05 Å². The second kappa shape index (κ2) is 6.34. The Labute approximate surface area is 108 Å². The molecule has 1 N–H and O–H groups in total. The molecule has 0 radical (unpaired) electrons. The highest BCUT2D eigenvalue weighted by Crippen LogP contribution is 2.24. The van der Waals surface area contributed by atoms with E-state index in [9.17, 15) is 13.2 Å². The summed E-state index contributed by atoms with van der Waals surface area (Å²) in [6.07, 6.45) is 0.140. The molecule has 0 aliphatic heterocycles. The molecule has 0 saturated heterocycles. The van der Waals surface area contributed by atoms with Crippen LogP contribution in [0.25, 0.3) is 0 Å². The lowest BCUT2D eigenvalue weighted by atomic mass is 10.3. The minimum atomic E-state index is -3.70. The molecule has 17 heavy (non-hydrogen) atoms. The Hall–Kier alpha value is -0.630. The van der Waals surface area contributed by atoms with E-state index in [4.69, 9.17) is 15.4 Å². The Morgan fingerprint density at radius 3 is 2.76 bits per heavy atom. The number of carbonyl (C=O) groups is 1. The maximum absolute atomic E-state index is 11.4. The zero-order chi connectivity index (χ0) is 12.9. The molecule has 1 amide bonds. The molecule has 1 aromatic rings. The molecule has 0 aliphatic carbocycles. The molecule has 0 atom stereocenters. The smallest absolute Gasteiger partial charge is 0.270 e. The normalized spacial score (nSPS) is 11.4. The lowest BCUT2D eigenvalue weighted by Crippen LogP contribution is -2.28. The van der Waals surface area contributed by atoms with E-state index in [-0.39, 0.29) is 16.5 Å². The highest BCUT2D eigenvalue weighted by molar-refractivity contribution is 8.15. The van der Waals surface area contributed by atoms with Crippen molar-refractivity contribution < 1.29 is 17.9 Å². The molecule has 1 heterocycles. The Kier molecular flexibility index (Phi) is 5.38. The first-order chi connectivity index (χ1) is 7.93. The molecule has 0 aromatic carbocycles. The summed E-state index contributed by atoms with van der Waals surface area (Å²) in [5.74, 6) is -0.178. The fourth-order valence-corrected chi connectivity index (χ4v) is 3.22. The third-order valence-electron chi connectivity index (χ3n) is 1.84. The summed E-state index contributed by atoms with van der Waals surface area (Å²) in [5.41, 5.74) is 0. The van der Waals surface area contributed by atoms with Gasteiger partial charge in [-0.15, -0.1) is 11.3 Å². The Morgan fingerprint density at radius 1 is 1.53 bits per heavy atom. The molecule has 5 nitrogen and oxygen atoms in total. The van der Waals surface area contributed by atoms with Gasteiger partial charge in [0, 0.05) is 29.2 Å². The number of amides is 1. The van der Waals surface area contributed by atoms with Gasteiger partial charge in [-0.05, 0) is 12.1 Å². The van der Waals surface area contributed by atoms with Crippen LogP contribution < -0.4 is 5.32 Å². The zero-order valence-electron chi connectivity index (χ0n) is 9.10. The van der Waals surface area contributed by atoms with Gasteiger partial charge in [-0.25, -0.2) is 8.42 Å². The second-order valence-corrected chi connectivity index (χ2v) is 7.14. The maximum Gasteiger partial charge on any atom is 0.270 e. The lowest BCUT2D eigenvalue weighted by molar-refractivity contribution is -0.120. The summed E-state index contributed by atoms with van der Waals surface area (Å²) in [6, 6.07) is 2.97. The van der Waals surface area contributed by atoms with E-state index in [0.717, 1.165) is 11.3 Å². The highest BCUT2D eigenvalue weighted by atomic mass is 35.7. The van der Waals surface area contributed by atoms with E-state index in [2.05, 4.69) is 5.32 Å². The summed E-state index contributed by atoms with van der Waals surface area (Å²) >= 11 is 0.995. The van der Waals surface area contributed by atoms with Gasteiger partial charge in [0.2, 0.25) is 5.91 Å². The van der Waals surface area contributed by atoms with Crippen LogP contribution in [0.3, 0.4) is 0 Å². The van der Waals surface area contributed by atoms with E-state index in [1.165, 1.54) is 6.07 Å². The van der Waals surface area contributed by atoms with Crippen LogP contribution in [-0.2, 0) is 25.0 Å². The first kappa shape index (κ1) is 14.4. The van der Waals surface area contributed by atoms with E-state index in [0.29, 0.717) is 18.0 Å². The zero-order valence-corrected chi connectivity index (χ0v) is 11.5. The van der Waals surface area contributed by atoms with Gasteiger partial charge in [-0.2, -0.15) is 0 Å². The number of rotatable bonds is 6. The number of thiophene rings is 1. The van der Waals surface area contributed by atoms with Gasteiger partial charge in [0.15, 0.2) is 0 Å². The van der Waals surface area contributed by atoms with Crippen molar-refractivity contribution in [3.8, 4) is 0 Å². The molecule has 0 unspecified atom stereocenters. The molecular formula is C9H12ClNO4S2. The van der Waals surface area contributed by atoms with Crippen LogP contribution in [-0.4, -0.2) is 34.6 Å². The first-order valence-electron chi connectivity index (χ1n) is 4.72. The van der Waals surface area contributed by atoms with Crippen LogP contribution in [0.2, 0.25) is 0 Å². The molecule has 0 fully saturated rings. The Bertz CT molecular complexity index is 483. The van der Waals surface area contributed by atoms with Crippen LogP contribution in [0.4, 0.5) is 0 Å². The topological polar surface area (TPSA) is 72.5 Å². The molecule has 0 saturated carbocycles. The molecule has 0 aliphatic rings. The number of carbonyl (C=O) groups excluding carboxylic acids is 1. The van der Waals surface area contributed by atoms with E-state index in [1.807, 2.05) is 0 Å². The van der Waals surface area contributed by atoms with E-state index >= 15 is 0 Å². The van der Waals surface area contributed by atoms with Crippen molar-refractivity contribution in [3.63, 3.8) is 0 Å². The number of hydrogen-bond acceptors (Lipinski definition) is 5. The average Bonchev–Trinajstić information content (AvgIpc) is 2.66. The minimum absolute atomic E-state index is 0.0545. The SMILES string of the molecule is COCCNC(=O)Cc1ccc(S(=O)(=O)Cl)s1. The fourth-order valence-electron chi connectivity index (χ4n) is 1.10. The van der Waals surface area contributed by atoms with Crippen LogP contribution in [0.1, 0.15) is 4.88 Å². The molecule has 0 bridgehead atoms. The van der Waals surface area contributed by atoms with Gasteiger partial charge in [-0.3, -0.25) is 4.79 Å². The van der Waals surface area contributed by atoms with Crippen LogP contribution >= 0.6 is 22.0 Å². The minimum Gasteiger partial charge on any atom is -0.383 e. The largest absolute Gasteiger partial charge is 0.383 e. The maximum atomic E-state index is 11.4. The van der Waals surface area contributed by atoms with Crippen molar-refractivity contribution in [3.05, 3.63) is 17.0 Å². The molecule has 8 heteroatoms. The van der Waals surface area contributed by atoms with Crippen LogP contribution in [0, 0.1) is 0 Å². The quantitative estimate of drug-likeness (QED) is 0.627. The molecule has 1 aromatic heterocycles. The lowest BCUT2D eigenvalue weighted by Gasteiger charge is -2.02.